The van der Waals surface area contributed by atoms with Crippen LogP contribution in [0.15, 0.2) is 23.1 Å². The fourth-order valence-corrected chi connectivity index (χ4v) is 2.35. The first-order valence-corrected chi connectivity index (χ1v) is 7.02. The number of carbonyl (C=O) groups is 2. The van der Waals surface area contributed by atoms with Gasteiger partial charge in [-0.15, -0.1) is 0 Å². The highest BCUT2D eigenvalue weighted by atomic mass is 16.2. The van der Waals surface area contributed by atoms with Crippen molar-refractivity contribution in [3.63, 3.8) is 0 Å². The number of aryl methyl sites for hydroxylation is 1. The first kappa shape index (κ1) is 15.1. The average Bonchev–Trinajstić information content (AvgIpc) is 2.45. The first-order chi connectivity index (χ1) is 10.0. The summed E-state index contributed by atoms with van der Waals surface area (Å²) in [5.41, 5.74) is 6.04. The Morgan fingerprint density at radius 2 is 1.71 bits per heavy atom. The molecule has 2 heterocycles. The molecule has 0 radical (unpaired) electrons. The summed E-state index contributed by atoms with van der Waals surface area (Å²) in [6, 6.07) is 2.98. The molecule has 1 aliphatic rings. The monoisotopic (exact) mass is 292 g/mol. The predicted octanol–water partition coefficient (Wildman–Crippen LogP) is -0.489. The SMILES string of the molecule is CCN1CC(=O)N(CCCn2cc(N)ccc2=O)CC1=O. The number of nitrogens with zero attached hydrogens (tertiary/aromatic N) is 3. The largest absolute Gasteiger partial charge is 0.398 e. The summed E-state index contributed by atoms with van der Waals surface area (Å²) in [5, 5.41) is 0. The maximum atomic E-state index is 11.9. The van der Waals surface area contributed by atoms with Crippen LogP contribution in [0.2, 0.25) is 0 Å². The Hall–Kier alpha value is -2.31. The molecule has 0 aromatic carbocycles. The molecule has 0 unspecified atom stereocenters. The van der Waals surface area contributed by atoms with E-state index in [0.29, 0.717) is 31.7 Å². The Bertz CT molecular complexity index is 596. The Morgan fingerprint density at radius 3 is 2.43 bits per heavy atom. The van der Waals surface area contributed by atoms with E-state index in [4.69, 9.17) is 5.73 Å². The van der Waals surface area contributed by atoms with Crippen LogP contribution in [0.3, 0.4) is 0 Å². The summed E-state index contributed by atoms with van der Waals surface area (Å²) in [6.45, 7) is 3.61. The van der Waals surface area contributed by atoms with Gasteiger partial charge in [-0.3, -0.25) is 14.4 Å². The molecular formula is C14H20N4O3. The fourth-order valence-electron chi connectivity index (χ4n) is 2.35. The average molecular weight is 292 g/mol. The number of hydrogen-bond donors (Lipinski definition) is 1. The number of aromatic nitrogens is 1. The van der Waals surface area contributed by atoms with Gasteiger partial charge in [0.05, 0.1) is 13.1 Å². The summed E-state index contributed by atoms with van der Waals surface area (Å²) in [5.74, 6) is -0.0744. The van der Waals surface area contributed by atoms with Crippen molar-refractivity contribution in [3.05, 3.63) is 28.7 Å². The molecule has 2 rings (SSSR count). The number of nitrogens with two attached hydrogens (primary N) is 1. The molecule has 0 saturated carbocycles. The molecule has 0 spiro atoms. The highest BCUT2D eigenvalue weighted by molar-refractivity contribution is 5.92. The summed E-state index contributed by atoms with van der Waals surface area (Å²) in [6.07, 6.45) is 2.19. The van der Waals surface area contributed by atoms with Crippen LogP contribution in [0.4, 0.5) is 5.69 Å². The van der Waals surface area contributed by atoms with Crippen LogP contribution in [0.25, 0.3) is 0 Å². The second-order valence-corrected chi connectivity index (χ2v) is 5.07. The standard InChI is InChI=1S/C14H20N4O3/c1-2-16-9-14(21)18(10-13(16)20)7-3-6-17-8-11(15)4-5-12(17)19/h4-5,8H,2-3,6-7,9-10,15H2,1H3. The number of likely N-dealkylation sites (N-methyl/N-ethyl adjacent to an activating group) is 1. The lowest BCUT2D eigenvalue weighted by molar-refractivity contribution is -0.149. The third kappa shape index (κ3) is 3.62. The molecule has 2 amide bonds. The van der Waals surface area contributed by atoms with Crippen LogP contribution in [-0.4, -0.2) is 52.4 Å². The zero-order chi connectivity index (χ0) is 15.4. The van der Waals surface area contributed by atoms with E-state index in [2.05, 4.69) is 0 Å². The second-order valence-electron chi connectivity index (χ2n) is 5.07. The lowest BCUT2D eigenvalue weighted by atomic mass is 10.2. The molecule has 1 fully saturated rings. The molecule has 1 aromatic heterocycles. The predicted molar refractivity (Wildman–Crippen MR) is 78.6 cm³/mol. The lowest BCUT2D eigenvalue weighted by Crippen LogP contribution is -2.53. The summed E-state index contributed by atoms with van der Waals surface area (Å²) < 4.78 is 1.52. The van der Waals surface area contributed by atoms with Gasteiger partial charge >= 0.3 is 0 Å². The molecule has 1 saturated heterocycles. The first-order valence-electron chi connectivity index (χ1n) is 7.02. The zero-order valence-electron chi connectivity index (χ0n) is 12.1. The summed E-state index contributed by atoms with van der Waals surface area (Å²) in [4.78, 5) is 38.4. The van der Waals surface area contributed by atoms with Gasteiger partial charge in [0, 0.05) is 37.6 Å². The number of rotatable bonds is 5. The molecule has 0 bridgehead atoms. The van der Waals surface area contributed by atoms with Gasteiger partial charge in [-0.25, -0.2) is 0 Å². The molecule has 7 heteroatoms. The number of pyridine rings is 1. The number of anilines is 1. The number of nitrogen functional groups attached to an aromatic ring is 1. The van der Waals surface area contributed by atoms with E-state index in [9.17, 15) is 14.4 Å². The topological polar surface area (TPSA) is 88.6 Å². The van der Waals surface area contributed by atoms with Gasteiger partial charge in [0.25, 0.3) is 5.56 Å². The molecule has 2 N–H and O–H groups in total. The van der Waals surface area contributed by atoms with Gasteiger partial charge in [0.2, 0.25) is 11.8 Å². The van der Waals surface area contributed by atoms with E-state index in [-0.39, 0.29) is 30.5 Å². The molecule has 21 heavy (non-hydrogen) atoms. The minimum Gasteiger partial charge on any atom is -0.398 e. The fraction of sp³-hybridized carbons (Fsp3) is 0.500. The van der Waals surface area contributed by atoms with E-state index in [1.165, 1.54) is 10.6 Å². The normalized spacial score (nSPS) is 15.7. The third-order valence-electron chi connectivity index (χ3n) is 3.57. The van der Waals surface area contributed by atoms with Crippen molar-refractivity contribution in [2.75, 3.05) is 31.9 Å². The summed E-state index contributed by atoms with van der Waals surface area (Å²) >= 11 is 0. The van der Waals surface area contributed by atoms with Crippen LogP contribution >= 0.6 is 0 Å². The van der Waals surface area contributed by atoms with Crippen LogP contribution < -0.4 is 11.3 Å². The Kier molecular flexibility index (Phi) is 4.62. The maximum absolute atomic E-state index is 11.9. The second kappa shape index (κ2) is 6.43. The Balaban J connectivity index is 1.89. The maximum Gasteiger partial charge on any atom is 0.250 e. The summed E-state index contributed by atoms with van der Waals surface area (Å²) in [7, 11) is 0. The van der Waals surface area contributed by atoms with Crippen molar-refractivity contribution < 1.29 is 9.59 Å². The molecule has 114 valence electrons. The molecule has 0 atom stereocenters. The molecule has 1 aromatic rings. The third-order valence-corrected chi connectivity index (χ3v) is 3.57. The number of amides is 2. The minimum absolute atomic E-state index is 0.0294. The van der Waals surface area contributed by atoms with E-state index in [1.54, 1.807) is 22.1 Å². The van der Waals surface area contributed by atoms with Crippen molar-refractivity contribution in [2.24, 2.45) is 0 Å². The van der Waals surface area contributed by atoms with Gasteiger partial charge in [-0.1, -0.05) is 0 Å². The zero-order valence-corrected chi connectivity index (χ0v) is 12.1. The smallest absolute Gasteiger partial charge is 0.250 e. The molecule has 7 nitrogen and oxygen atoms in total. The van der Waals surface area contributed by atoms with E-state index < -0.39 is 0 Å². The molecule has 0 aliphatic carbocycles. The number of carbonyl (C=O) groups excluding carboxylic acids is 2. The van der Waals surface area contributed by atoms with Crippen LogP contribution in [0, 0.1) is 0 Å². The molecule has 1 aliphatic heterocycles. The molecular weight excluding hydrogens is 272 g/mol. The van der Waals surface area contributed by atoms with Gasteiger partial charge < -0.3 is 20.1 Å². The van der Waals surface area contributed by atoms with E-state index in [1.807, 2.05) is 6.92 Å². The number of hydrogen-bond acceptors (Lipinski definition) is 4. The van der Waals surface area contributed by atoms with Gasteiger partial charge in [-0.2, -0.15) is 0 Å². The Labute approximate surface area is 122 Å². The van der Waals surface area contributed by atoms with E-state index in [0.717, 1.165) is 0 Å². The minimum atomic E-state index is -0.123. The quantitative estimate of drug-likeness (QED) is 0.793. The van der Waals surface area contributed by atoms with Crippen LogP contribution in [0.1, 0.15) is 13.3 Å². The van der Waals surface area contributed by atoms with Gasteiger partial charge in [0.15, 0.2) is 0 Å². The van der Waals surface area contributed by atoms with Crippen LogP contribution in [0.5, 0.6) is 0 Å². The number of piperazine rings is 1. The van der Waals surface area contributed by atoms with Crippen molar-refractivity contribution >= 4 is 17.5 Å². The Morgan fingerprint density at radius 1 is 1.05 bits per heavy atom. The highest BCUT2D eigenvalue weighted by Gasteiger charge is 2.28. The lowest BCUT2D eigenvalue weighted by Gasteiger charge is -2.33. The van der Waals surface area contributed by atoms with E-state index >= 15 is 0 Å². The van der Waals surface area contributed by atoms with Crippen molar-refractivity contribution in [3.8, 4) is 0 Å². The van der Waals surface area contributed by atoms with Crippen molar-refractivity contribution in [2.45, 2.75) is 19.9 Å². The van der Waals surface area contributed by atoms with Gasteiger partial charge in [-0.05, 0) is 19.4 Å². The van der Waals surface area contributed by atoms with Gasteiger partial charge in [0.1, 0.15) is 0 Å². The van der Waals surface area contributed by atoms with Crippen molar-refractivity contribution in [1.82, 2.24) is 14.4 Å². The van der Waals surface area contributed by atoms with Crippen LogP contribution in [-0.2, 0) is 16.1 Å². The van der Waals surface area contributed by atoms with Crippen molar-refractivity contribution in [1.29, 1.82) is 0 Å². The highest BCUT2D eigenvalue weighted by Crippen LogP contribution is 2.06.